The van der Waals surface area contributed by atoms with Gasteiger partial charge in [-0.05, 0) is 55.2 Å². The standard InChI is InChI=1S/C23H23N3O/c1-16-7-8-21(17(2)13-16)25-22-14-19(9-11-24-22)23(27)26-12-10-18-5-3-4-6-20(18)15-26/h3-9,11,13-14H,10,12,15H2,1-2H3,(H,24,25). The van der Waals surface area contributed by atoms with E-state index in [1.54, 1.807) is 12.3 Å². The first kappa shape index (κ1) is 17.3. The molecule has 0 spiro atoms. The van der Waals surface area contributed by atoms with Gasteiger partial charge in [-0.15, -0.1) is 0 Å². The van der Waals surface area contributed by atoms with E-state index in [0.717, 1.165) is 24.2 Å². The average Bonchev–Trinajstić information content (AvgIpc) is 2.69. The monoisotopic (exact) mass is 357 g/mol. The molecule has 0 saturated carbocycles. The molecule has 4 rings (SSSR count). The fourth-order valence-corrected chi connectivity index (χ4v) is 3.58. The molecule has 1 aliphatic rings. The van der Waals surface area contributed by atoms with Gasteiger partial charge in [0.25, 0.3) is 5.91 Å². The van der Waals surface area contributed by atoms with Gasteiger partial charge < -0.3 is 10.2 Å². The average molecular weight is 357 g/mol. The highest BCUT2D eigenvalue weighted by atomic mass is 16.2. The third-order valence-electron chi connectivity index (χ3n) is 5.07. The second kappa shape index (κ2) is 7.23. The van der Waals surface area contributed by atoms with Crippen molar-refractivity contribution < 1.29 is 4.79 Å². The van der Waals surface area contributed by atoms with Crippen molar-refractivity contribution in [1.82, 2.24) is 9.88 Å². The van der Waals surface area contributed by atoms with Crippen LogP contribution in [0.2, 0.25) is 0 Å². The summed E-state index contributed by atoms with van der Waals surface area (Å²) in [5.74, 6) is 0.737. The summed E-state index contributed by atoms with van der Waals surface area (Å²) >= 11 is 0. The highest BCUT2D eigenvalue weighted by molar-refractivity contribution is 5.95. The Morgan fingerprint density at radius 3 is 2.67 bits per heavy atom. The van der Waals surface area contributed by atoms with E-state index >= 15 is 0 Å². The van der Waals surface area contributed by atoms with E-state index in [-0.39, 0.29) is 5.91 Å². The van der Waals surface area contributed by atoms with Gasteiger partial charge in [-0.2, -0.15) is 0 Å². The summed E-state index contributed by atoms with van der Waals surface area (Å²) < 4.78 is 0. The summed E-state index contributed by atoms with van der Waals surface area (Å²) in [6, 6.07) is 18.2. The smallest absolute Gasteiger partial charge is 0.254 e. The molecule has 1 amide bonds. The van der Waals surface area contributed by atoms with Crippen molar-refractivity contribution >= 4 is 17.4 Å². The van der Waals surface area contributed by atoms with E-state index in [1.165, 1.54) is 16.7 Å². The van der Waals surface area contributed by atoms with E-state index in [9.17, 15) is 4.79 Å². The van der Waals surface area contributed by atoms with Crippen LogP contribution < -0.4 is 5.32 Å². The second-order valence-corrected chi connectivity index (χ2v) is 7.12. The number of amides is 1. The maximum atomic E-state index is 13.0. The molecule has 0 bridgehead atoms. The number of rotatable bonds is 3. The lowest BCUT2D eigenvalue weighted by Gasteiger charge is -2.29. The normalized spacial score (nSPS) is 13.2. The number of benzene rings is 2. The summed E-state index contributed by atoms with van der Waals surface area (Å²) in [5.41, 5.74) is 6.62. The van der Waals surface area contributed by atoms with E-state index in [0.29, 0.717) is 17.9 Å². The molecule has 2 heterocycles. The summed E-state index contributed by atoms with van der Waals surface area (Å²) in [5, 5.41) is 3.33. The van der Waals surface area contributed by atoms with Crippen LogP contribution in [-0.2, 0) is 13.0 Å². The predicted molar refractivity (Wildman–Crippen MR) is 108 cm³/mol. The number of fused-ring (bicyclic) bond motifs is 1. The van der Waals surface area contributed by atoms with Crippen molar-refractivity contribution in [2.24, 2.45) is 0 Å². The van der Waals surface area contributed by atoms with Crippen LogP contribution in [0.3, 0.4) is 0 Å². The number of carbonyl (C=O) groups is 1. The molecule has 0 aliphatic carbocycles. The number of nitrogens with one attached hydrogen (secondary N) is 1. The van der Waals surface area contributed by atoms with Crippen LogP contribution in [0.4, 0.5) is 11.5 Å². The van der Waals surface area contributed by atoms with Gasteiger partial charge in [0, 0.05) is 30.5 Å². The fraction of sp³-hybridized carbons (Fsp3) is 0.217. The Bertz CT molecular complexity index is 996. The number of carbonyl (C=O) groups excluding carboxylic acids is 1. The molecule has 0 saturated heterocycles. The van der Waals surface area contributed by atoms with Crippen molar-refractivity contribution in [3.05, 3.63) is 88.6 Å². The molecular formula is C23H23N3O. The van der Waals surface area contributed by atoms with Gasteiger partial charge in [0.2, 0.25) is 0 Å². The maximum Gasteiger partial charge on any atom is 0.254 e. The maximum absolute atomic E-state index is 13.0. The molecule has 136 valence electrons. The van der Waals surface area contributed by atoms with Gasteiger partial charge in [-0.25, -0.2) is 4.98 Å². The third kappa shape index (κ3) is 3.70. The van der Waals surface area contributed by atoms with E-state index < -0.39 is 0 Å². The van der Waals surface area contributed by atoms with Crippen LogP contribution in [-0.4, -0.2) is 22.3 Å². The predicted octanol–water partition coefficient (Wildman–Crippen LogP) is 4.64. The Balaban J connectivity index is 1.53. The molecule has 2 aromatic carbocycles. The zero-order valence-corrected chi connectivity index (χ0v) is 15.7. The van der Waals surface area contributed by atoms with E-state index in [4.69, 9.17) is 0 Å². The number of anilines is 2. The minimum absolute atomic E-state index is 0.0515. The van der Waals surface area contributed by atoms with Crippen molar-refractivity contribution in [2.45, 2.75) is 26.8 Å². The molecule has 27 heavy (non-hydrogen) atoms. The lowest BCUT2D eigenvalue weighted by atomic mass is 9.99. The first-order chi connectivity index (χ1) is 13.1. The number of nitrogens with zero attached hydrogens (tertiary/aromatic N) is 2. The Labute approximate surface area is 159 Å². The van der Waals surface area contributed by atoms with Gasteiger partial charge in [0.1, 0.15) is 5.82 Å². The molecule has 1 aromatic heterocycles. The lowest BCUT2D eigenvalue weighted by Crippen LogP contribution is -2.35. The van der Waals surface area contributed by atoms with Crippen LogP contribution >= 0.6 is 0 Å². The SMILES string of the molecule is Cc1ccc(Nc2cc(C(=O)N3CCc4ccccc4C3)ccn2)c(C)c1. The second-order valence-electron chi connectivity index (χ2n) is 7.12. The van der Waals surface area contributed by atoms with Crippen LogP contribution in [0.1, 0.15) is 32.6 Å². The van der Waals surface area contributed by atoms with Crippen LogP contribution in [0, 0.1) is 13.8 Å². The number of hydrogen-bond acceptors (Lipinski definition) is 3. The van der Waals surface area contributed by atoms with Crippen molar-refractivity contribution in [1.29, 1.82) is 0 Å². The minimum atomic E-state index is 0.0515. The third-order valence-corrected chi connectivity index (χ3v) is 5.07. The Kier molecular flexibility index (Phi) is 4.63. The van der Waals surface area contributed by atoms with Crippen molar-refractivity contribution in [2.75, 3.05) is 11.9 Å². The van der Waals surface area contributed by atoms with Gasteiger partial charge in [-0.3, -0.25) is 4.79 Å². The summed E-state index contributed by atoms with van der Waals surface area (Å²) in [6.07, 6.45) is 2.59. The van der Waals surface area contributed by atoms with Gasteiger partial charge in [-0.1, -0.05) is 42.0 Å². The lowest BCUT2D eigenvalue weighted by molar-refractivity contribution is 0.0734. The first-order valence-electron chi connectivity index (χ1n) is 9.26. The van der Waals surface area contributed by atoms with Gasteiger partial charge in [0.15, 0.2) is 0 Å². The molecular weight excluding hydrogens is 334 g/mol. The van der Waals surface area contributed by atoms with Crippen LogP contribution in [0.25, 0.3) is 0 Å². The fourth-order valence-electron chi connectivity index (χ4n) is 3.58. The summed E-state index contributed by atoms with van der Waals surface area (Å²) in [4.78, 5) is 19.3. The number of aromatic nitrogens is 1. The Morgan fingerprint density at radius 1 is 1.04 bits per heavy atom. The zero-order valence-electron chi connectivity index (χ0n) is 15.7. The zero-order chi connectivity index (χ0) is 18.8. The molecule has 0 unspecified atom stereocenters. The molecule has 3 aromatic rings. The van der Waals surface area contributed by atoms with E-state index in [1.807, 2.05) is 23.1 Å². The molecule has 4 heteroatoms. The molecule has 4 nitrogen and oxygen atoms in total. The highest BCUT2D eigenvalue weighted by Crippen LogP contribution is 2.23. The quantitative estimate of drug-likeness (QED) is 0.743. The molecule has 1 aliphatic heterocycles. The topological polar surface area (TPSA) is 45.2 Å². The Morgan fingerprint density at radius 2 is 1.85 bits per heavy atom. The molecule has 0 atom stereocenters. The number of aryl methyl sites for hydroxylation is 2. The number of pyridine rings is 1. The summed E-state index contributed by atoms with van der Waals surface area (Å²) in [7, 11) is 0. The highest BCUT2D eigenvalue weighted by Gasteiger charge is 2.21. The largest absolute Gasteiger partial charge is 0.340 e. The van der Waals surface area contributed by atoms with Crippen LogP contribution in [0.15, 0.2) is 60.8 Å². The molecule has 0 radical (unpaired) electrons. The molecule has 1 N–H and O–H groups in total. The molecule has 0 fully saturated rings. The van der Waals surface area contributed by atoms with Crippen molar-refractivity contribution in [3.63, 3.8) is 0 Å². The van der Waals surface area contributed by atoms with Gasteiger partial charge in [0.05, 0.1) is 0 Å². The van der Waals surface area contributed by atoms with E-state index in [2.05, 4.69) is 54.5 Å². The van der Waals surface area contributed by atoms with Gasteiger partial charge >= 0.3 is 0 Å². The number of hydrogen-bond donors (Lipinski definition) is 1. The first-order valence-corrected chi connectivity index (χ1v) is 9.26. The van der Waals surface area contributed by atoms with Crippen molar-refractivity contribution in [3.8, 4) is 0 Å². The van der Waals surface area contributed by atoms with Crippen LogP contribution in [0.5, 0.6) is 0 Å². The Hall–Kier alpha value is -3.14. The summed E-state index contributed by atoms with van der Waals surface area (Å²) in [6.45, 7) is 5.55. The minimum Gasteiger partial charge on any atom is -0.340 e.